The van der Waals surface area contributed by atoms with Crippen LogP contribution >= 0.6 is 0 Å². The minimum atomic E-state index is -1.29. The largest absolute Gasteiger partial charge is 0.508 e. The van der Waals surface area contributed by atoms with E-state index in [2.05, 4.69) is 11.9 Å². The highest BCUT2D eigenvalue weighted by molar-refractivity contribution is 6.16. The lowest BCUT2D eigenvalue weighted by Crippen LogP contribution is -2.61. The highest BCUT2D eigenvalue weighted by Crippen LogP contribution is 2.37. The number of nitrogens with one attached hydrogen (secondary N) is 1. The Bertz CT molecular complexity index is 1300. The Balaban J connectivity index is 1.74. The van der Waals surface area contributed by atoms with Crippen LogP contribution in [0.25, 0.3) is 32.6 Å². The number of aromatic amines is 1. The molecule has 0 saturated carbocycles. The van der Waals surface area contributed by atoms with Gasteiger partial charge in [0.05, 0.1) is 11.6 Å². The van der Waals surface area contributed by atoms with Gasteiger partial charge in [-0.3, -0.25) is 0 Å². The van der Waals surface area contributed by atoms with Gasteiger partial charge in [-0.1, -0.05) is 0 Å². The molecule has 0 aliphatic carbocycles. The number of pyridine rings is 1. The number of aryl methyl sites for hydroxylation is 2. The van der Waals surface area contributed by atoms with Gasteiger partial charge in [0.25, 0.3) is 6.23 Å². The number of fused-ring (bicyclic) bond motifs is 4. The molecule has 0 radical (unpaired) electrons. The first kappa shape index (κ1) is 19.3. The molecule has 0 unspecified atom stereocenters. The van der Waals surface area contributed by atoms with Crippen LogP contribution in [0.2, 0.25) is 0 Å². The molecule has 0 bridgehead atoms. The SMILES string of the molecule is Cc1c2cc[n+]([C@@H]3O[C@H](C)[C@H](O)[C@H](O)[C@H]3O)cc2c(C)c2c1[nH]c1ccc(O)cc12. The molecule has 30 heavy (non-hydrogen) atoms. The normalized spacial score (nSPS) is 27.3. The first-order chi connectivity index (χ1) is 14.3. The van der Waals surface area contributed by atoms with E-state index in [4.69, 9.17) is 4.74 Å². The van der Waals surface area contributed by atoms with Crippen molar-refractivity contribution < 1.29 is 29.7 Å². The van der Waals surface area contributed by atoms with Crippen LogP contribution in [0, 0.1) is 13.8 Å². The summed E-state index contributed by atoms with van der Waals surface area (Å²) in [6.07, 6.45) is -1.38. The maximum atomic E-state index is 10.5. The number of H-pyrrole nitrogens is 1. The Hall–Kier alpha value is -2.71. The number of aromatic hydroxyl groups is 1. The fourth-order valence-corrected chi connectivity index (χ4v) is 4.69. The van der Waals surface area contributed by atoms with Crippen molar-refractivity contribution in [1.29, 1.82) is 0 Å². The van der Waals surface area contributed by atoms with E-state index in [9.17, 15) is 20.4 Å². The molecular formula is C23H25N2O5+. The summed E-state index contributed by atoms with van der Waals surface area (Å²) in [7, 11) is 0. The molecule has 1 aliphatic rings. The van der Waals surface area contributed by atoms with Crippen LogP contribution in [0.15, 0.2) is 36.7 Å². The second kappa shape index (κ2) is 6.65. The average molecular weight is 409 g/mol. The first-order valence-corrected chi connectivity index (χ1v) is 10.1. The molecule has 2 aromatic heterocycles. The van der Waals surface area contributed by atoms with Gasteiger partial charge in [0, 0.05) is 27.7 Å². The van der Waals surface area contributed by atoms with Crippen molar-refractivity contribution in [3.05, 3.63) is 47.8 Å². The number of phenols is 1. The van der Waals surface area contributed by atoms with Gasteiger partial charge in [0.2, 0.25) is 0 Å². The number of hydrogen-bond donors (Lipinski definition) is 5. The van der Waals surface area contributed by atoms with Gasteiger partial charge < -0.3 is 30.1 Å². The first-order valence-electron chi connectivity index (χ1n) is 10.1. The van der Waals surface area contributed by atoms with E-state index in [1.165, 1.54) is 0 Å². The maximum Gasteiger partial charge on any atom is 0.291 e. The predicted molar refractivity (Wildman–Crippen MR) is 112 cm³/mol. The van der Waals surface area contributed by atoms with E-state index >= 15 is 0 Å². The number of aliphatic hydroxyl groups excluding tert-OH is 3. The lowest BCUT2D eigenvalue weighted by Gasteiger charge is -2.36. The number of nitrogens with zero attached hydrogens (tertiary/aromatic N) is 1. The summed E-state index contributed by atoms with van der Waals surface area (Å²) < 4.78 is 7.55. The van der Waals surface area contributed by atoms with Crippen LogP contribution < -0.4 is 4.57 Å². The van der Waals surface area contributed by atoms with Crippen molar-refractivity contribution in [3.63, 3.8) is 0 Å². The van der Waals surface area contributed by atoms with Crippen LogP contribution in [-0.2, 0) is 4.74 Å². The zero-order valence-electron chi connectivity index (χ0n) is 17.0. The van der Waals surface area contributed by atoms with Gasteiger partial charge in [0.15, 0.2) is 18.5 Å². The van der Waals surface area contributed by atoms with Gasteiger partial charge >= 0.3 is 0 Å². The molecule has 156 valence electrons. The van der Waals surface area contributed by atoms with E-state index in [1.54, 1.807) is 23.6 Å². The fourth-order valence-electron chi connectivity index (χ4n) is 4.69. The standard InChI is InChI=1S/C23H24N2O5/c1-10-16-9-25(23-22(29)21(28)20(27)12(3)30-23)7-6-14(16)11(2)19-18(10)15-8-13(26)4-5-17(15)24-19/h4-9,12,20-23,26-29H,1-3H3/p+1/t12-,20+,21+,22-,23-/m1/s1. The van der Waals surface area contributed by atoms with Crippen LogP contribution in [-0.4, -0.2) is 49.8 Å². The minimum Gasteiger partial charge on any atom is -0.508 e. The summed E-state index contributed by atoms with van der Waals surface area (Å²) in [4.78, 5) is 3.46. The average Bonchev–Trinajstić information content (AvgIpc) is 3.12. The van der Waals surface area contributed by atoms with E-state index in [0.717, 1.165) is 43.7 Å². The Labute approximate surface area is 172 Å². The monoisotopic (exact) mass is 409 g/mol. The highest BCUT2D eigenvalue weighted by atomic mass is 16.5. The van der Waals surface area contributed by atoms with Gasteiger partial charge in [-0.2, -0.15) is 4.57 Å². The number of aliphatic hydroxyl groups is 3. The lowest BCUT2D eigenvalue weighted by atomic mass is 9.96. The highest BCUT2D eigenvalue weighted by Gasteiger charge is 2.46. The zero-order chi connectivity index (χ0) is 21.3. The van der Waals surface area contributed by atoms with E-state index in [-0.39, 0.29) is 5.75 Å². The molecule has 1 fully saturated rings. The predicted octanol–water partition coefficient (Wildman–Crippen LogP) is 2.08. The third-order valence-corrected chi connectivity index (χ3v) is 6.44. The van der Waals surface area contributed by atoms with Crippen LogP contribution in [0.5, 0.6) is 5.75 Å². The summed E-state index contributed by atoms with van der Waals surface area (Å²) in [5, 5.41) is 44.7. The van der Waals surface area contributed by atoms with Crippen LogP contribution in [0.4, 0.5) is 0 Å². The van der Waals surface area contributed by atoms with Gasteiger partial charge in [-0.05, 0) is 55.5 Å². The molecule has 5 rings (SSSR count). The fraction of sp³-hybridized carbons (Fsp3) is 0.348. The third kappa shape index (κ3) is 2.63. The van der Waals surface area contributed by atoms with E-state index < -0.39 is 30.6 Å². The lowest BCUT2D eigenvalue weighted by molar-refractivity contribution is -0.776. The molecule has 0 spiro atoms. The summed E-state index contributed by atoms with van der Waals surface area (Å²) in [6, 6.07) is 7.27. The Morgan fingerprint density at radius 2 is 1.70 bits per heavy atom. The molecular weight excluding hydrogens is 384 g/mol. The second-order valence-electron chi connectivity index (χ2n) is 8.28. The topological polar surface area (TPSA) is 110 Å². The number of benzene rings is 2. The number of ether oxygens (including phenoxy) is 1. The van der Waals surface area contributed by atoms with E-state index in [0.29, 0.717) is 0 Å². The number of hydrogen-bond acceptors (Lipinski definition) is 5. The number of aromatic nitrogens is 2. The zero-order valence-corrected chi connectivity index (χ0v) is 17.0. The van der Waals surface area contributed by atoms with Crippen molar-refractivity contribution in [2.75, 3.05) is 0 Å². The number of rotatable bonds is 1. The third-order valence-electron chi connectivity index (χ3n) is 6.44. The smallest absolute Gasteiger partial charge is 0.291 e. The Morgan fingerprint density at radius 1 is 0.933 bits per heavy atom. The molecule has 7 heteroatoms. The van der Waals surface area contributed by atoms with Gasteiger partial charge in [-0.25, -0.2) is 0 Å². The van der Waals surface area contributed by atoms with Crippen molar-refractivity contribution in [2.24, 2.45) is 0 Å². The molecule has 0 amide bonds. The second-order valence-corrected chi connectivity index (χ2v) is 8.28. The van der Waals surface area contributed by atoms with Crippen LogP contribution in [0.3, 0.4) is 0 Å². The Morgan fingerprint density at radius 3 is 2.47 bits per heavy atom. The molecule has 5 N–H and O–H groups in total. The number of phenolic OH excluding ortho intramolecular Hbond substituents is 1. The summed E-state index contributed by atoms with van der Waals surface area (Å²) in [6.45, 7) is 5.76. The minimum absolute atomic E-state index is 0.212. The maximum absolute atomic E-state index is 10.5. The van der Waals surface area contributed by atoms with Crippen molar-refractivity contribution in [3.8, 4) is 5.75 Å². The van der Waals surface area contributed by atoms with Crippen molar-refractivity contribution >= 4 is 32.6 Å². The molecule has 5 atom stereocenters. The van der Waals surface area contributed by atoms with Gasteiger partial charge in [-0.15, -0.1) is 0 Å². The summed E-state index contributed by atoms with van der Waals surface area (Å²) in [5.41, 5.74) is 4.10. The summed E-state index contributed by atoms with van der Waals surface area (Å²) in [5.74, 6) is 0.212. The Kier molecular flexibility index (Phi) is 4.27. The van der Waals surface area contributed by atoms with Gasteiger partial charge in [0.1, 0.15) is 18.0 Å². The molecule has 1 saturated heterocycles. The molecule has 3 heterocycles. The summed E-state index contributed by atoms with van der Waals surface area (Å²) >= 11 is 0. The van der Waals surface area contributed by atoms with E-state index in [1.807, 2.05) is 31.5 Å². The van der Waals surface area contributed by atoms with Crippen LogP contribution in [0.1, 0.15) is 24.3 Å². The van der Waals surface area contributed by atoms with Crippen molar-refractivity contribution in [2.45, 2.75) is 51.4 Å². The molecule has 2 aromatic carbocycles. The molecule has 4 aromatic rings. The molecule has 1 aliphatic heterocycles. The molecule has 7 nitrogen and oxygen atoms in total. The quantitative estimate of drug-likeness (QED) is 0.309. The van der Waals surface area contributed by atoms with Crippen molar-refractivity contribution in [1.82, 2.24) is 4.98 Å².